The van der Waals surface area contributed by atoms with Crippen LogP contribution in [-0.4, -0.2) is 12.6 Å². The van der Waals surface area contributed by atoms with Crippen LogP contribution in [0.15, 0.2) is 18.2 Å². The molecule has 0 aliphatic heterocycles. The van der Waals surface area contributed by atoms with Gasteiger partial charge in [0.15, 0.2) is 0 Å². The summed E-state index contributed by atoms with van der Waals surface area (Å²) < 4.78 is 18.7. The molecule has 0 amide bonds. The lowest BCUT2D eigenvalue weighted by molar-refractivity contribution is -0.145. The van der Waals surface area contributed by atoms with Crippen LogP contribution in [0.2, 0.25) is 0 Å². The van der Waals surface area contributed by atoms with Crippen molar-refractivity contribution in [2.24, 2.45) is 5.92 Å². The van der Waals surface area contributed by atoms with Crippen molar-refractivity contribution in [3.63, 3.8) is 0 Å². The summed E-state index contributed by atoms with van der Waals surface area (Å²) in [6.45, 7) is 4.18. The minimum atomic E-state index is -0.133. The summed E-state index contributed by atoms with van der Waals surface area (Å²) in [5.74, 6) is 0.375. The molecule has 2 nitrogen and oxygen atoms in total. The average Bonchev–Trinajstić information content (AvgIpc) is 2.25. The Labute approximate surface area is 107 Å². The highest BCUT2D eigenvalue weighted by atomic mass is 19.1. The minimum absolute atomic E-state index is 0.116. The molecule has 0 heterocycles. The van der Waals surface area contributed by atoms with Crippen molar-refractivity contribution in [1.82, 2.24) is 0 Å². The molecule has 1 fully saturated rings. The molecule has 2 rings (SSSR count). The zero-order chi connectivity index (χ0) is 13.1. The summed E-state index contributed by atoms with van der Waals surface area (Å²) in [4.78, 5) is 11.3. The molecule has 1 aromatic carbocycles. The lowest BCUT2D eigenvalue weighted by Gasteiger charge is -2.36. The number of benzene rings is 1. The van der Waals surface area contributed by atoms with Crippen LogP contribution in [0.1, 0.15) is 43.2 Å². The number of rotatable bonds is 4. The summed E-state index contributed by atoms with van der Waals surface area (Å²) in [7, 11) is 0. The van der Waals surface area contributed by atoms with E-state index in [1.807, 2.05) is 19.9 Å². The Balaban J connectivity index is 1.91. The molecule has 0 atom stereocenters. The molecule has 18 heavy (non-hydrogen) atoms. The normalized spacial score (nSPS) is 22.4. The topological polar surface area (TPSA) is 26.3 Å². The summed E-state index contributed by atoms with van der Waals surface area (Å²) >= 11 is 0. The first kappa shape index (κ1) is 13.1. The monoisotopic (exact) mass is 250 g/mol. The van der Waals surface area contributed by atoms with E-state index in [1.165, 1.54) is 6.07 Å². The molecular weight excluding hydrogens is 231 g/mol. The number of hydrogen-bond acceptors (Lipinski definition) is 2. The number of hydrogen-bond donors (Lipinski definition) is 0. The van der Waals surface area contributed by atoms with Gasteiger partial charge in [0.1, 0.15) is 5.82 Å². The predicted octanol–water partition coefficient (Wildman–Crippen LogP) is 3.58. The summed E-state index contributed by atoms with van der Waals surface area (Å²) in [5, 5.41) is 0. The van der Waals surface area contributed by atoms with Gasteiger partial charge in [-0.1, -0.05) is 12.1 Å². The maximum Gasteiger partial charge on any atom is 0.306 e. The van der Waals surface area contributed by atoms with Crippen molar-refractivity contribution in [1.29, 1.82) is 0 Å². The van der Waals surface area contributed by atoms with Crippen molar-refractivity contribution in [2.45, 2.75) is 39.0 Å². The van der Waals surface area contributed by atoms with Gasteiger partial charge in [-0.3, -0.25) is 4.79 Å². The number of carbonyl (C=O) groups excluding carboxylic acids is 1. The van der Waals surface area contributed by atoms with Crippen LogP contribution in [-0.2, 0) is 9.53 Å². The van der Waals surface area contributed by atoms with Crippen LogP contribution >= 0.6 is 0 Å². The molecule has 1 saturated carbocycles. The molecule has 98 valence electrons. The van der Waals surface area contributed by atoms with Gasteiger partial charge in [0.25, 0.3) is 0 Å². The van der Waals surface area contributed by atoms with Gasteiger partial charge in [0, 0.05) is 6.42 Å². The first-order valence-corrected chi connectivity index (χ1v) is 6.52. The fourth-order valence-corrected chi connectivity index (χ4v) is 2.76. The number of carbonyl (C=O) groups is 1. The Morgan fingerprint density at radius 1 is 1.44 bits per heavy atom. The van der Waals surface area contributed by atoms with Crippen LogP contribution in [0.25, 0.3) is 0 Å². The van der Waals surface area contributed by atoms with Crippen molar-refractivity contribution in [3.05, 3.63) is 35.1 Å². The van der Waals surface area contributed by atoms with Gasteiger partial charge >= 0.3 is 5.97 Å². The third-order valence-corrected chi connectivity index (χ3v) is 3.68. The quantitative estimate of drug-likeness (QED) is 0.763. The van der Waals surface area contributed by atoms with E-state index in [4.69, 9.17) is 4.74 Å². The van der Waals surface area contributed by atoms with Crippen LogP contribution in [0.3, 0.4) is 0 Å². The van der Waals surface area contributed by atoms with Gasteiger partial charge in [0.2, 0.25) is 0 Å². The maximum absolute atomic E-state index is 13.7. The highest BCUT2D eigenvalue weighted by Gasteiger charge is 2.34. The first-order chi connectivity index (χ1) is 8.61. The molecular formula is C15H19FO2. The van der Waals surface area contributed by atoms with E-state index in [-0.39, 0.29) is 17.7 Å². The Morgan fingerprint density at radius 2 is 2.17 bits per heavy atom. The van der Waals surface area contributed by atoms with Crippen LogP contribution in [0, 0.1) is 18.7 Å². The molecule has 0 bridgehead atoms. The zero-order valence-electron chi connectivity index (χ0n) is 10.9. The molecule has 1 aliphatic rings. The van der Waals surface area contributed by atoms with Crippen molar-refractivity contribution < 1.29 is 13.9 Å². The largest absolute Gasteiger partial charge is 0.466 e. The molecule has 1 aliphatic carbocycles. The van der Waals surface area contributed by atoms with Crippen LogP contribution in [0.4, 0.5) is 4.39 Å². The van der Waals surface area contributed by atoms with Gasteiger partial charge in [-0.2, -0.15) is 0 Å². The summed E-state index contributed by atoms with van der Waals surface area (Å²) in [5.41, 5.74) is 1.84. The smallest absolute Gasteiger partial charge is 0.306 e. The molecule has 0 spiro atoms. The Morgan fingerprint density at radius 3 is 2.78 bits per heavy atom. The highest BCUT2D eigenvalue weighted by Crippen LogP contribution is 2.45. The van der Waals surface area contributed by atoms with E-state index in [0.717, 1.165) is 24.0 Å². The van der Waals surface area contributed by atoms with E-state index in [9.17, 15) is 9.18 Å². The number of ether oxygens (including phenoxy) is 1. The Hall–Kier alpha value is -1.38. The van der Waals surface area contributed by atoms with E-state index in [1.54, 1.807) is 6.07 Å². The van der Waals surface area contributed by atoms with E-state index >= 15 is 0 Å². The van der Waals surface area contributed by atoms with E-state index in [2.05, 4.69) is 0 Å². The molecule has 0 aromatic heterocycles. The third-order valence-electron chi connectivity index (χ3n) is 3.68. The molecule has 0 N–H and O–H groups in total. The maximum atomic E-state index is 13.7. The summed E-state index contributed by atoms with van der Waals surface area (Å²) in [6.07, 6.45) is 2.25. The van der Waals surface area contributed by atoms with Crippen LogP contribution < -0.4 is 0 Å². The van der Waals surface area contributed by atoms with Gasteiger partial charge < -0.3 is 4.74 Å². The van der Waals surface area contributed by atoms with Crippen LogP contribution in [0.5, 0.6) is 0 Å². The molecule has 0 radical (unpaired) electrons. The van der Waals surface area contributed by atoms with Crippen molar-refractivity contribution >= 4 is 5.97 Å². The lowest BCUT2D eigenvalue weighted by atomic mass is 9.69. The highest BCUT2D eigenvalue weighted by molar-refractivity contribution is 5.69. The van der Waals surface area contributed by atoms with E-state index in [0.29, 0.717) is 18.9 Å². The molecule has 0 saturated heterocycles. The standard InChI is InChI=1S/C15H19FO2/c1-3-18-14(17)9-11-7-12(8-11)15-10(2)5-4-6-13(15)16/h4-6,11-12H,3,7-9H2,1-2H3. The average molecular weight is 250 g/mol. The van der Waals surface area contributed by atoms with Gasteiger partial charge in [-0.25, -0.2) is 4.39 Å². The van der Waals surface area contributed by atoms with Crippen molar-refractivity contribution in [3.8, 4) is 0 Å². The predicted molar refractivity (Wildman–Crippen MR) is 67.9 cm³/mol. The summed E-state index contributed by atoms with van der Waals surface area (Å²) in [6, 6.07) is 5.20. The van der Waals surface area contributed by atoms with Gasteiger partial charge in [-0.05, 0) is 55.7 Å². The first-order valence-electron chi connectivity index (χ1n) is 6.52. The minimum Gasteiger partial charge on any atom is -0.466 e. The van der Waals surface area contributed by atoms with Crippen molar-refractivity contribution in [2.75, 3.05) is 6.61 Å². The Kier molecular flexibility index (Phi) is 4.00. The second-order valence-corrected chi connectivity index (χ2v) is 5.01. The fraction of sp³-hybridized carbons (Fsp3) is 0.533. The van der Waals surface area contributed by atoms with Gasteiger partial charge in [-0.15, -0.1) is 0 Å². The number of aryl methyl sites for hydroxylation is 1. The molecule has 1 aromatic rings. The third kappa shape index (κ3) is 2.71. The van der Waals surface area contributed by atoms with Gasteiger partial charge in [0.05, 0.1) is 6.61 Å². The second kappa shape index (κ2) is 5.51. The second-order valence-electron chi connectivity index (χ2n) is 5.01. The number of halogens is 1. The Bertz CT molecular complexity index is 416. The fourth-order valence-electron chi connectivity index (χ4n) is 2.76. The zero-order valence-corrected chi connectivity index (χ0v) is 10.9. The lowest BCUT2D eigenvalue weighted by Crippen LogP contribution is -2.26. The van der Waals surface area contributed by atoms with E-state index < -0.39 is 0 Å². The SMILES string of the molecule is CCOC(=O)CC1CC(c2c(C)cccc2F)C1. The molecule has 3 heteroatoms. The number of esters is 1. The molecule has 0 unspecified atom stereocenters.